The van der Waals surface area contributed by atoms with Gasteiger partial charge in [0, 0.05) is 29.8 Å². The molecule has 0 N–H and O–H groups in total. The summed E-state index contributed by atoms with van der Waals surface area (Å²) in [6.07, 6.45) is 7.29. The van der Waals surface area contributed by atoms with Crippen LogP contribution in [0.3, 0.4) is 0 Å². The van der Waals surface area contributed by atoms with Gasteiger partial charge in [0.2, 0.25) is 0 Å². The van der Waals surface area contributed by atoms with Crippen LogP contribution in [0.4, 0.5) is 8.63 Å². The SMILES string of the molecule is C#Cc1ccc(C2=C3C(C)=CC(C)=[N+]3[B-](F)(F)n3c(C)cc(C)c32)cc1. The molecule has 1 aromatic carbocycles. The molecule has 0 bridgehead atoms. The second kappa shape index (κ2) is 5.31. The highest BCUT2D eigenvalue weighted by molar-refractivity contribution is 6.58. The van der Waals surface area contributed by atoms with Gasteiger partial charge >= 0.3 is 6.97 Å². The fourth-order valence-corrected chi connectivity index (χ4v) is 4.31. The minimum atomic E-state index is -3.93. The normalized spacial score (nSPS) is 17.8. The maximum atomic E-state index is 15.5. The molecule has 2 aliphatic rings. The van der Waals surface area contributed by atoms with Crippen LogP contribution in [-0.4, -0.2) is 21.6 Å². The number of allylic oxidation sites excluding steroid dienone is 2. The molecule has 5 heteroatoms. The first-order valence-corrected chi connectivity index (χ1v) is 8.61. The molecule has 0 saturated heterocycles. The molecular formula is C21H19BF2N2. The van der Waals surface area contributed by atoms with E-state index in [9.17, 15) is 0 Å². The first-order valence-electron chi connectivity index (χ1n) is 8.61. The van der Waals surface area contributed by atoms with Crippen molar-refractivity contribution in [1.29, 1.82) is 0 Å². The van der Waals surface area contributed by atoms with Gasteiger partial charge in [-0.25, -0.2) is 0 Å². The molecule has 0 radical (unpaired) electrons. The fourth-order valence-electron chi connectivity index (χ4n) is 4.31. The maximum Gasteiger partial charge on any atom is 0.737 e. The zero-order chi connectivity index (χ0) is 18.8. The number of hydrogen-bond acceptors (Lipinski definition) is 0. The number of hydrogen-bond donors (Lipinski definition) is 0. The Balaban J connectivity index is 2.14. The molecule has 0 amide bonds. The van der Waals surface area contributed by atoms with E-state index in [-0.39, 0.29) is 0 Å². The molecule has 1 aromatic heterocycles. The van der Waals surface area contributed by atoms with E-state index in [0.717, 1.165) is 27.8 Å². The molecule has 2 aliphatic heterocycles. The highest BCUT2D eigenvalue weighted by atomic mass is 19.2. The summed E-state index contributed by atoms with van der Waals surface area (Å²) in [6, 6.07) is 9.37. The molecule has 4 rings (SSSR count). The Kier molecular flexibility index (Phi) is 3.39. The average molecular weight is 348 g/mol. The van der Waals surface area contributed by atoms with E-state index in [1.54, 1.807) is 13.8 Å². The van der Waals surface area contributed by atoms with Crippen molar-refractivity contribution in [1.82, 2.24) is 4.48 Å². The third-order valence-corrected chi connectivity index (χ3v) is 5.27. The van der Waals surface area contributed by atoms with Crippen LogP contribution in [0.25, 0.3) is 5.57 Å². The summed E-state index contributed by atoms with van der Waals surface area (Å²) in [6.45, 7) is 3.32. The molecule has 2 aromatic rings. The topological polar surface area (TPSA) is 7.94 Å². The number of aryl methyl sites for hydroxylation is 2. The van der Waals surface area contributed by atoms with Crippen LogP contribution in [0.2, 0.25) is 0 Å². The maximum absolute atomic E-state index is 15.5. The fraction of sp³-hybridized carbons (Fsp3) is 0.190. The van der Waals surface area contributed by atoms with Crippen molar-refractivity contribution >= 4 is 18.3 Å². The Morgan fingerprint density at radius 2 is 1.73 bits per heavy atom. The van der Waals surface area contributed by atoms with E-state index in [1.165, 1.54) is 8.96 Å². The molecule has 2 nitrogen and oxygen atoms in total. The van der Waals surface area contributed by atoms with E-state index >= 15 is 8.63 Å². The minimum absolute atomic E-state index is 0.566. The summed E-state index contributed by atoms with van der Waals surface area (Å²) >= 11 is 0. The summed E-state index contributed by atoms with van der Waals surface area (Å²) < 4.78 is 33.4. The number of benzene rings is 1. The van der Waals surface area contributed by atoms with Crippen LogP contribution >= 0.6 is 0 Å². The zero-order valence-electron chi connectivity index (χ0n) is 15.3. The second-order valence-electron chi connectivity index (χ2n) is 7.06. The van der Waals surface area contributed by atoms with Gasteiger partial charge in [-0.05, 0) is 55.8 Å². The van der Waals surface area contributed by atoms with Gasteiger partial charge < -0.3 is 17.6 Å². The highest BCUT2D eigenvalue weighted by Gasteiger charge is 2.55. The number of rotatable bonds is 1. The number of aromatic nitrogens is 1. The zero-order valence-corrected chi connectivity index (χ0v) is 15.3. The predicted octanol–water partition coefficient (Wildman–Crippen LogP) is 4.52. The number of terminal acetylenes is 1. The van der Waals surface area contributed by atoms with Crippen LogP contribution in [0, 0.1) is 26.2 Å². The van der Waals surface area contributed by atoms with Gasteiger partial charge in [0.15, 0.2) is 5.70 Å². The van der Waals surface area contributed by atoms with Crippen molar-refractivity contribution in [2.75, 3.05) is 0 Å². The van der Waals surface area contributed by atoms with E-state index < -0.39 is 6.97 Å². The van der Waals surface area contributed by atoms with Gasteiger partial charge in [0.05, 0.1) is 5.57 Å². The number of nitrogens with zero attached hydrogens (tertiary/aromatic N) is 2. The smallest absolute Gasteiger partial charge is 0.393 e. The lowest BCUT2D eigenvalue weighted by atomic mass is 9.83. The molecule has 0 aliphatic carbocycles. The lowest BCUT2D eigenvalue weighted by molar-refractivity contribution is -0.363. The molecule has 3 heterocycles. The Morgan fingerprint density at radius 1 is 1.08 bits per heavy atom. The van der Waals surface area contributed by atoms with Crippen molar-refractivity contribution in [2.24, 2.45) is 0 Å². The summed E-state index contributed by atoms with van der Waals surface area (Å²) in [5, 5.41) is 0. The quantitative estimate of drug-likeness (QED) is 0.529. The molecule has 0 atom stereocenters. The van der Waals surface area contributed by atoms with Crippen molar-refractivity contribution in [3.05, 3.63) is 75.8 Å². The van der Waals surface area contributed by atoms with Gasteiger partial charge in [-0.15, -0.1) is 6.42 Å². The van der Waals surface area contributed by atoms with Crippen LogP contribution in [-0.2, 0) is 0 Å². The second-order valence-corrected chi connectivity index (χ2v) is 7.06. The van der Waals surface area contributed by atoms with Crippen LogP contribution < -0.4 is 0 Å². The van der Waals surface area contributed by atoms with Gasteiger partial charge in [-0.1, -0.05) is 18.1 Å². The summed E-state index contributed by atoms with van der Waals surface area (Å²) in [5.41, 5.74) is 6.51. The Labute approximate surface area is 152 Å². The minimum Gasteiger partial charge on any atom is -0.393 e. The molecule has 130 valence electrons. The average Bonchev–Trinajstić information content (AvgIpc) is 3.05. The van der Waals surface area contributed by atoms with Gasteiger partial charge in [0.1, 0.15) is 5.71 Å². The summed E-state index contributed by atoms with van der Waals surface area (Å²) in [7, 11) is 0. The lowest BCUT2D eigenvalue weighted by Gasteiger charge is -2.34. The van der Waals surface area contributed by atoms with Crippen LogP contribution in [0.1, 0.15) is 41.9 Å². The van der Waals surface area contributed by atoms with Crippen molar-refractivity contribution in [3.8, 4) is 12.3 Å². The molecule has 0 fully saturated rings. The Hall–Kier alpha value is -2.87. The van der Waals surface area contributed by atoms with Crippen molar-refractivity contribution in [2.45, 2.75) is 27.7 Å². The first-order chi connectivity index (χ1) is 12.3. The molecule has 0 spiro atoms. The summed E-state index contributed by atoms with van der Waals surface area (Å²) in [4.78, 5) is 0. The molecule has 0 unspecified atom stereocenters. The predicted molar refractivity (Wildman–Crippen MR) is 102 cm³/mol. The Bertz CT molecular complexity index is 1090. The molecular weight excluding hydrogens is 329 g/mol. The first kappa shape index (κ1) is 16.6. The lowest BCUT2D eigenvalue weighted by Crippen LogP contribution is -2.51. The van der Waals surface area contributed by atoms with E-state index in [4.69, 9.17) is 6.42 Å². The van der Waals surface area contributed by atoms with Crippen molar-refractivity contribution < 1.29 is 13.1 Å². The molecule has 26 heavy (non-hydrogen) atoms. The third-order valence-electron chi connectivity index (χ3n) is 5.27. The standard InChI is InChI=1S/C21H19BF2N2/c1-6-17-7-9-18(10-8-17)19-20-13(2)11-15(4)25(20)22(23,24)26-16(5)12-14(3)21(19)26/h1,7-12H,2-5H3. The monoisotopic (exact) mass is 348 g/mol. The van der Waals surface area contributed by atoms with Crippen molar-refractivity contribution in [3.63, 3.8) is 0 Å². The van der Waals surface area contributed by atoms with Gasteiger partial charge in [0.25, 0.3) is 0 Å². The van der Waals surface area contributed by atoms with Crippen LogP contribution in [0.5, 0.6) is 0 Å². The Morgan fingerprint density at radius 3 is 2.35 bits per heavy atom. The molecule has 0 saturated carbocycles. The number of fused-ring (bicyclic) bond motifs is 2. The van der Waals surface area contributed by atoms with Gasteiger partial charge in [-0.3, -0.25) is 0 Å². The highest BCUT2D eigenvalue weighted by Crippen LogP contribution is 2.43. The van der Waals surface area contributed by atoms with Gasteiger partial charge in [-0.2, -0.15) is 0 Å². The van der Waals surface area contributed by atoms with E-state index in [1.807, 2.05) is 50.3 Å². The van der Waals surface area contributed by atoms with Crippen LogP contribution in [0.15, 0.2) is 47.7 Å². The van der Waals surface area contributed by atoms with E-state index in [0.29, 0.717) is 22.8 Å². The number of halogens is 2. The van der Waals surface area contributed by atoms with E-state index in [2.05, 4.69) is 5.92 Å². The summed E-state index contributed by atoms with van der Waals surface area (Å²) in [5.74, 6) is 2.60. The third kappa shape index (κ3) is 2.02. The largest absolute Gasteiger partial charge is 0.737 e.